The van der Waals surface area contributed by atoms with Gasteiger partial charge in [0.2, 0.25) is 0 Å². The van der Waals surface area contributed by atoms with Crippen LogP contribution in [0.3, 0.4) is 0 Å². The second kappa shape index (κ2) is 10.6. The minimum atomic E-state index is -0.159. The van der Waals surface area contributed by atoms with E-state index >= 15 is 0 Å². The van der Waals surface area contributed by atoms with Crippen molar-refractivity contribution in [2.24, 2.45) is 5.41 Å². The smallest absolute Gasteiger partial charge is 0.194 e. The molecule has 29 heavy (non-hydrogen) atoms. The van der Waals surface area contributed by atoms with Crippen molar-refractivity contribution in [1.82, 2.24) is 9.97 Å². The van der Waals surface area contributed by atoms with Crippen molar-refractivity contribution in [2.45, 2.75) is 27.7 Å². The van der Waals surface area contributed by atoms with E-state index in [2.05, 4.69) is 30.7 Å². The third-order valence-electron chi connectivity index (χ3n) is 3.83. The summed E-state index contributed by atoms with van der Waals surface area (Å²) in [5.41, 5.74) is 2.19. The van der Waals surface area contributed by atoms with Crippen LogP contribution in [-0.2, 0) is 4.74 Å². The first-order valence-electron chi connectivity index (χ1n) is 9.38. The Balaban J connectivity index is 0.000000321. The topological polar surface area (TPSA) is 55.0 Å². The summed E-state index contributed by atoms with van der Waals surface area (Å²) in [6.45, 7) is 10.2. The molecule has 0 aliphatic heterocycles. The lowest BCUT2D eigenvalue weighted by atomic mass is 9.99. The van der Waals surface area contributed by atoms with E-state index in [1.165, 1.54) is 0 Å². The lowest BCUT2D eigenvalue weighted by molar-refractivity contribution is 0.0805. The molecule has 0 fully saturated rings. The maximum absolute atomic E-state index is 12.5. The van der Waals surface area contributed by atoms with Crippen LogP contribution in [0.2, 0.25) is 10.0 Å². The first-order valence-corrected chi connectivity index (χ1v) is 10.1. The standard InChI is InChI=1S/C16H10Cl2N2O.C7H16O/c17-12-5-6-14(18)13(9-12)15(21)10-1-3-11(4-2-10)16-19-7-8-20-16;1-5-8-6-7(2,3)4/h1-9H,(H,19,20);5-6H2,1-4H3. The summed E-state index contributed by atoms with van der Waals surface area (Å²) in [4.78, 5) is 19.6. The zero-order valence-corrected chi connectivity index (χ0v) is 18.6. The van der Waals surface area contributed by atoms with Gasteiger partial charge in [0.25, 0.3) is 0 Å². The van der Waals surface area contributed by atoms with Crippen LogP contribution in [0.15, 0.2) is 54.9 Å². The first kappa shape index (κ1) is 23.1. The van der Waals surface area contributed by atoms with Crippen molar-refractivity contribution >= 4 is 29.0 Å². The van der Waals surface area contributed by atoms with Gasteiger partial charge in [-0.1, -0.05) is 68.2 Å². The van der Waals surface area contributed by atoms with Crippen LogP contribution in [0, 0.1) is 5.41 Å². The maximum Gasteiger partial charge on any atom is 0.194 e. The molecule has 1 aromatic heterocycles. The fourth-order valence-electron chi connectivity index (χ4n) is 2.44. The zero-order valence-electron chi connectivity index (χ0n) is 17.1. The molecular weight excluding hydrogens is 407 g/mol. The van der Waals surface area contributed by atoms with Gasteiger partial charge < -0.3 is 9.72 Å². The van der Waals surface area contributed by atoms with Gasteiger partial charge in [0.1, 0.15) is 5.82 Å². The average molecular weight is 433 g/mol. The van der Waals surface area contributed by atoms with E-state index in [0.717, 1.165) is 24.6 Å². The number of nitrogens with one attached hydrogen (secondary N) is 1. The zero-order chi connectivity index (χ0) is 21.4. The van der Waals surface area contributed by atoms with E-state index in [9.17, 15) is 4.79 Å². The van der Waals surface area contributed by atoms with Crippen LogP contribution in [-0.4, -0.2) is 29.0 Å². The molecule has 0 amide bonds. The highest BCUT2D eigenvalue weighted by Gasteiger charge is 2.14. The van der Waals surface area contributed by atoms with Crippen LogP contribution < -0.4 is 0 Å². The van der Waals surface area contributed by atoms with Crippen LogP contribution in [0.1, 0.15) is 43.6 Å². The largest absolute Gasteiger partial charge is 0.381 e. The minimum Gasteiger partial charge on any atom is -0.381 e. The van der Waals surface area contributed by atoms with Gasteiger partial charge in [-0.05, 0) is 30.5 Å². The highest BCUT2D eigenvalue weighted by Crippen LogP contribution is 2.24. The summed E-state index contributed by atoms with van der Waals surface area (Å²) in [5.74, 6) is 0.600. The quantitative estimate of drug-likeness (QED) is 0.457. The summed E-state index contributed by atoms with van der Waals surface area (Å²) in [6.07, 6.45) is 3.43. The van der Waals surface area contributed by atoms with E-state index < -0.39 is 0 Å². The molecule has 0 bridgehead atoms. The number of H-pyrrole nitrogens is 1. The Hall–Kier alpha value is -2.14. The Morgan fingerprint density at radius 2 is 1.79 bits per heavy atom. The number of aromatic amines is 1. The van der Waals surface area contributed by atoms with E-state index in [1.807, 2.05) is 19.1 Å². The molecule has 4 nitrogen and oxygen atoms in total. The van der Waals surface area contributed by atoms with E-state index in [-0.39, 0.29) is 5.78 Å². The summed E-state index contributed by atoms with van der Waals surface area (Å²) in [7, 11) is 0. The molecule has 0 saturated heterocycles. The second-order valence-electron chi connectivity index (χ2n) is 7.67. The van der Waals surface area contributed by atoms with Crippen molar-refractivity contribution in [3.63, 3.8) is 0 Å². The van der Waals surface area contributed by atoms with Crippen molar-refractivity contribution in [3.05, 3.63) is 76.0 Å². The fraction of sp³-hybridized carbons (Fsp3) is 0.304. The van der Waals surface area contributed by atoms with Gasteiger partial charge in [-0.25, -0.2) is 4.98 Å². The number of rotatable bonds is 5. The van der Waals surface area contributed by atoms with Crippen LogP contribution in [0.25, 0.3) is 11.4 Å². The van der Waals surface area contributed by atoms with E-state index in [1.54, 1.807) is 42.7 Å². The van der Waals surface area contributed by atoms with E-state index in [0.29, 0.717) is 26.6 Å². The summed E-state index contributed by atoms with van der Waals surface area (Å²) in [5, 5.41) is 0.870. The molecule has 0 spiro atoms. The number of hydrogen-bond donors (Lipinski definition) is 1. The lowest BCUT2D eigenvalue weighted by Gasteiger charge is -2.16. The number of nitrogens with zero attached hydrogens (tertiary/aromatic N) is 1. The fourth-order valence-corrected chi connectivity index (χ4v) is 2.81. The molecular formula is C23H26Cl2N2O2. The number of imidazole rings is 1. The number of ketones is 1. The Kier molecular flexibility index (Phi) is 8.45. The van der Waals surface area contributed by atoms with Gasteiger partial charge >= 0.3 is 0 Å². The van der Waals surface area contributed by atoms with Gasteiger partial charge in [-0.3, -0.25) is 4.79 Å². The van der Waals surface area contributed by atoms with Gasteiger partial charge in [-0.2, -0.15) is 0 Å². The van der Waals surface area contributed by atoms with Crippen LogP contribution >= 0.6 is 23.2 Å². The Morgan fingerprint density at radius 3 is 2.31 bits per heavy atom. The third-order valence-corrected chi connectivity index (χ3v) is 4.40. The predicted octanol–water partition coefficient (Wildman–Crippen LogP) is 6.68. The molecule has 2 aromatic carbocycles. The first-order chi connectivity index (χ1) is 13.7. The third kappa shape index (κ3) is 7.32. The molecule has 3 rings (SSSR count). The van der Waals surface area contributed by atoms with Gasteiger partial charge in [0.05, 0.1) is 11.6 Å². The molecule has 6 heteroatoms. The molecule has 0 atom stereocenters. The van der Waals surface area contributed by atoms with Crippen LogP contribution in [0.5, 0.6) is 0 Å². The van der Waals surface area contributed by atoms with Crippen molar-refractivity contribution in [3.8, 4) is 11.4 Å². The average Bonchev–Trinajstić information content (AvgIpc) is 3.22. The number of carbonyl (C=O) groups is 1. The normalized spacial score (nSPS) is 11.0. The predicted molar refractivity (Wildman–Crippen MR) is 120 cm³/mol. The van der Waals surface area contributed by atoms with Crippen LogP contribution in [0.4, 0.5) is 0 Å². The van der Waals surface area contributed by atoms with E-state index in [4.69, 9.17) is 27.9 Å². The van der Waals surface area contributed by atoms with Gasteiger partial charge in [-0.15, -0.1) is 0 Å². The molecule has 154 valence electrons. The second-order valence-corrected chi connectivity index (χ2v) is 8.51. The SMILES string of the molecule is CCOCC(C)(C)C.O=C(c1ccc(-c2ncc[nH]2)cc1)c1cc(Cl)ccc1Cl. The molecule has 0 radical (unpaired) electrons. The Bertz CT molecular complexity index is 915. The molecule has 0 aliphatic carbocycles. The molecule has 0 aliphatic rings. The number of carbonyl (C=O) groups excluding carboxylic acids is 1. The number of aromatic nitrogens is 2. The summed E-state index contributed by atoms with van der Waals surface area (Å²) < 4.78 is 5.20. The molecule has 0 saturated carbocycles. The van der Waals surface area contributed by atoms with Crippen molar-refractivity contribution in [1.29, 1.82) is 0 Å². The number of benzene rings is 2. The monoisotopic (exact) mass is 432 g/mol. The summed E-state index contributed by atoms with van der Waals surface area (Å²) in [6, 6.07) is 12.0. The number of halogens is 2. The molecule has 0 unspecified atom stereocenters. The minimum absolute atomic E-state index is 0.159. The molecule has 1 N–H and O–H groups in total. The lowest BCUT2D eigenvalue weighted by Crippen LogP contribution is -2.14. The number of ether oxygens (including phenoxy) is 1. The Morgan fingerprint density at radius 1 is 1.10 bits per heavy atom. The highest BCUT2D eigenvalue weighted by atomic mass is 35.5. The van der Waals surface area contributed by atoms with Gasteiger partial charge in [0, 0.05) is 40.7 Å². The van der Waals surface area contributed by atoms with Crippen molar-refractivity contribution in [2.75, 3.05) is 13.2 Å². The maximum atomic E-state index is 12.5. The number of hydrogen-bond acceptors (Lipinski definition) is 3. The van der Waals surface area contributed by atoms with Gasteiger partial charge in [0.15, 0.2) is 5.78 Å². The summed E-state index contributed by atoms with van der Waals surface area (Å²) >= 11 is 12.0. The van der Waals surface area contributed by atoms with Crippen molar-refractivity contribution < 1.29 is 9.53 Å². The molecule has 1 heterocycles. The highest BCUT2D eigenvalue weighted by molar-refractivity contribution is 6.36. The Labute approximate surface area is 182 Å². The molecule has 3 aromatic rings.